The van der Waals surface area contributed by atoms with Gasteiger partial charge in [-0.1, -0.05) is 159 Å². The second-order valence-electron chi connectivity index (χ2n) is 14.7. The van der Waals surface area contributed by atoms with Crippen LogP contribution in [0.2, 0.25) is 0 Å². The minimum Gasteiger partial charge on any atom is -0.394 e. The Kier molecular flexibility index (Phi) is 29.5. The van der Waals surface area contributed by atoms with Crippen molar-refractivity contribution in [2.24, 2.45) is 0 Å². The predicted octanol–water partition coefficient (Wildman–Crippen LogP) is 6.69. The highest BCUT2D eigenvalue weighted by atomic mass is 16.7. The highest BCUT2D eigenvalue weighted by Crippen LogP contribution is 2.22. The van der Waals surface area contributed by atoms with E-state index in [0.717, 1.165) is 32.1 Å². The monoisotopic (exact) mass is 740 g/mol. The highest BCUT2D eigenvalue weighted by molar-refractivity contribution is 5.80. The molecule has 0 saturated carbocycles. The number of amides is 1. The summed E-state index contributed by atoms with van der Waals surface area (Å²) in [5.74, 6) is -0.635. The number of carbonyl (C=O) groups is 1. The molecular formula is C42H77NO9. The van der Waals surface area contributed by atoms with Crippen molar-refractivity contribution in [1.29, 1.82) is 0 Å². The summed E-state index contributed by atoms with van der Waals surface area (Å²) in [6, 6.07) is -1.00. The molecule has 52 heavy (non-hydrogen) atoms. The van der Waals surface area contributed by atoms with E-state index in [9.17, 15) is 35.4 Å². The maximum Gasteiger partial charge on any atom is 0.249 e. The van der Waals surface area contributed by atoms with E-state index in [0.29, 0.717) is 19.3 Å². The molecule has 1 saturated heterocycles. The number of hydrogen-bond donors (Lipinski definition) is 7. The van der Waals surface area contributed by atoms with Gasteiger partial charge < -0.3 is 45.4 Å². The van der Waals surface area contributed by atoms with Crippen LogP contribution in [0.15, 0.2) is 36.0 Å². The SMILES string of the molecule is CCCCCCC/C=C/C(C)=C/CC/C=C/[C@@H](O)C(COC1OC(CO)C(O)C(O)C1O)NC(=O)[C@H](O)CCCCCCCCCCCCCCC. The first-order chi connectivity index (χ1) is 25.2. The number of hydrogen-bond acceptors (Lipinski definition) is 9. The first-order valence-corrected chi connectivity index (χ1v) is 20.7. The van der Waals surface area contributed by atoms with Gasteiger partial charge in [0.15, 0.2) is 6.29 Å². The molecule has 1 heterocycles. The molecule has 0 radical (unpaired) electrons. The number of aliphatic hydroxyl groups excluding tert-OH is 6. The van der Waals surface area contributed by atoms with Crippen LogP contribution in [0.3, 0.4) is 0 Å². The number of carbonyl (C=O) groups excluding carboxylic acids is 1. The van der Waals surface area contributed by atoms with Crippen LogP contribution in [-0.4, -0.2) is 98.7 Å². The zero-order valence-corrected chi connectivity index (χ0v) is 32.9. The molecule has 1 amide bonds. The molecule has 8 atom stereocenters. The van der Waals surface area contributed by atoms with Crippen LogP contribution in [0, 0.1) is 0 Å². The average molecular weight is 740 g/mol. The number of aliphatic hydroxyl groups is 6. The van der Waals surface area contributed by atoms with E-state index in [-0.39, 0.29) is 6.61 Å². The summed E-state index contributed by atoms with van der Waals surface area (Å²) in [6.07, 6.45) is 24.8. The number of unbranched alkanes of at least 4 members (excludes halogenated alkanes) is 18. The van der Waals surface area contributed by atoms with Gasteiger partial charge in [0.05, 0.1) is 25.4 Å². The summed E-state index contributed by atoms with van der Waals surface area (Å²) >= 11 is 0. The lowest BCUT2D eigenvalue weighted by atomic mass is 9.99. The Bertz CT molecular complexity index is 956. The van der Waals surface area contributed by atoms with Crippen molar-refractivity contribution in [2.75, 3.05) is 13.2 Å². The fraction of sp³-hybridized carbons (Fsp3) is 0.833. The molecule has 0 bridgehead atoms. The third kappa shape index (κ3) is 22.6. The fourth-order valence-corrected chi connectivity index (χ4v) is 6.37. The van der Waals surface area contributed by atoms with E-state index in [4.69, 9.17) is 9.47 Å². The molecule has 7 N–H and O–H groups in total. The summed E-state index contributed by atoms with van der Waals surface area (Å²) in [4.78, 5) is 13.0. The van der Waals surface area contributed by atoms with Crippen LogP contribution in [-0.2, 0) is 14.3 Å². The molecule has 304 valence electrons. The molecule has 0 aliphatic carbocycles. The van der Waals surface area contributed by atoms with Gasteiger partial charge in [-0.25, -0.2) is 0 Å². The lowest BCUT2D eigenvalue weighted by Gasteiger charge is -2.40. The lowest BCUT2D eigenvalue weighted by Crippen LogP contribution is -2.60. The standard InChI is InChI=1S/C42H77NO9/c1-4-6-8-10-12-13-14-15-16-17-19-21-25-30-36(46)41(50)43-34(32-51-42-40(49)39(48)38(47)37(31-44)52-42)35(45)29-26-22-24-28-33(3)27-23-20-18-11-9-7-5-2/h23,26-29,34-40,42,44-49H,4-22,24-25,30-32H2,1-3H3,(H,43,50)/b27-23+,29-26+,33-28+/t34?,35-,36-,37?,38?,39?,40?,42?/m1/s1. The normalized spacial score (nSPS) is 23.0. The molecular weight excluding hydrogens is 662 g/mol. The maximum atomic E-state index is 13.0. The first-order valence-electron chi connectivity index (χ1n) is 20.7. The maximum absolute atomic E-state index is 13.0. The number of rotatable bonds is 32. The molecule has 0 aromatic heterocycles. The van der Waals surface area contributed by atoms with Crippen LogP contribution in [0.4, 0.5) is 0 Å². The van der Waals surface area contributed by atoms with Crippen molar-refractivity contribution in [3.05, 3.63) is 36.0 Å². The summed E-state index contributed by atoms with van der Waals surface area (Å²) in [5, 5.41) is 64.5. The van der Waals surface area contributed by atoms with Gasteiger partial charge in [0.25, 0.3) is 0 Å². The number of ether oxygens (including phenoxy) is 2. The van der Waals surface area contributed by atoms with Crippen molar-refractivity contribution in [2.45, 2.75) is 211 Å². The van der Waals surface area contributed by atoms with Crippen molar-refractivity contribution < 1.29 is 44.9 Å². The Morgan fingerprint density at radius 2 is 1.29 bits per heavy atom. The smallest absolute Gasteiger partial charge is 0.249 e. The molecule has 10 nitrogen and oxygen atoms in total. The van der Waals surface area contributed by atoms with E-state index < -0.39 is 61.5 Å². The zero-order chi connectivity index (χ0) is 38.4. The van der Waals surface area contributed by atoms with Gasteiger partial charge in [-0.2, -0.15) is 0 Å². The van der Waals surface area contributed by atoms with E-state index >= 15 is 0 Å². The van der Waals surface area contributed by atoms with Crippen LogP contribution in [0.25, 0.3) is 0 Å². The third-order valence-electron chi connectivity index (χ3n) is 9.90. The van der Waals surface area contributed by atoms with Gasteiger partial charge in [-0.3, -0.25) is 4.79 Å². The summed E-state index contributed by atoms with van der Waals surface area (Å²) < 4.78 is 11.1. The molecule has 6 unspecified atom stereocenters. The summed E-state index contributed by atoms with van der Waals surface area (Å²) in [5.41, 5.74) is 1.18. The Morgan fingerprint density at radius 1 is 0.731 bits per heavy atom. The van der Waals surface area contributed by atoms with E-state index in [2.05, 4.69) is 44.3 Å². The van der Waals surface area contributed by atoms with Crippen LogP contribution < -0.4 is 5.32 Å². The topological polar surface area (TPSA) is 169 Å². The lowest BCUT2D eigenvalue weighted by molar-refractivity contribution is -0.302. The fourth-order valence-electron chi connectivity index (χ4n) is 6.37. The number of nitrogens with one attached hydrogen (secondary N) is 1. The van der Waals surface area contributed by atoms with Gasteiger partial charge in [-0.05, 0) is 39.0 Å². The Labute approximate surface area is 315 Å². The molecule has 0 spiro atoms. The number of allylic oxidation sites excluding steroid dienone is 5. The summed E-state index contributed by atoms with van der Waals surface area (Å²) in [6.45, 7) is 5.59. The predicted molar refractivity (Wildman–Crippen MR) is 209 cm³/mol. The Hall–Kier alpha value is -1.63. The van der Waals surface area contributed by atoms with Crippen molar-refractivity contribution in [3.63, 3.8) is 0 Å². The van der Waals surface area contributed by atoms with E-state index in [1.165, 1.54) is 95.5 Å². The average Bonchev–Trinajstić information content (AvgIpc) is 3.14. The largest absolute Gasteiger partial charge is 0.394 e. The van der Waals surface area contributed by atoms with Gasteiger partial charge >= 0.3 is 0 Å². The second-order valence-corrected chi connectivity index (χ2v) is 14.7. The van der Waals surface area contributed by atoms with Crippen LogP contribution in [0.5, 0.6) is 0 Å². The third-order valence-corrected chi connectivity index (χ3v) is 9.90. The first kappa shape index (κ1) is 48.4. The van der Waals surface area contributed by atoms with E-state index in [1.54, 1.807) is 6.08 Å². The van der Waals surface area contributed by atoms with Gasteiger partial charge in [-0.15, -0.1) is 0 Å². The van der Waals surface area contributed by atoms with Crippen molar-refractivity contribution in [1.82, 2.24) is 5.32 Å². The van der Waals surface area contributed by atoms with Crippen molar-refractivity contribution >= 4 is 5.91 Å². The minimum absolute atomic E-state index is 0.300. The van der Waals surface area contributed by atoms with Crippen LogP contribution >= 0.6 is 0 Å². The molecule has 1 fully saturated rings. The van der Waals surface area contributed by atoms with Gasteiger partial charge in [0, 0.05) is 0 Å². The molecule has 0 aromatic carbocycles. The van der Waals surface area contributed by atoms with E-state index in [1.807, 2.05) is 6.08 Å². The minimum atomic E-state index is -1.62. The molecule has 10 heteroatoms. The molecule has 1 rings (SSSR count). The highest BCUT2D eigenvalue weighted by Gasteiger charge is 2.44. The van der Waals surface area contributed by atoms with Gasteiger partial charge in [0.1, 0.15) is 30.5 Å². The van der Waals surface area contributed by atoms with Crippen molar-refractivity contribution in [3.8, 4) is 0 Å². The molecule has 0 aromatic rings. The molecule has 1 aliphatic heterocycles. The molecule has 1 aliphatic rings. The summed E-state index contributed by atoms with van der Waals surface area (Å²) in [7, 11) is 0. The Morgan fingerprint density at radius 3 is 1.87 bits per heavy atom. The quantitative estimate of drug-likeness (QED) is 0.0226. The van der Waals surface area contributed by atoms with Gasteiger partial charge in [0.2, 0.25) is 5.91 Å². The second kappa shape index (κ2) is 31.7. The zero-order valence-electron chi connectivity index (χ0n) is 32.9. The Balaban J connectivity index is 2.59. The van der Waals surface area contributed by atoms with Crippen LogP contribution in [0.1, 0.15) is 162 Å².